The fraction of sp³-hybridized carbons (Fsp3) is 0.464. The highest BCUT2D eigenvalue weighted by molar-refractivity contribution is 6.22. The average Bonchev–Trinajstić information content (AvgIpc) is 3.28. The summed E-state index contributed by atoms with van der Waals surface area (Å²) in [5.74, 6) is -8.16. The van der Waals surface area contributed by atoms with E-state index in [0.717, 1.165) is 26.2 Å². The van der Waals surface area contributed by atoms with Gasteiger partial charge in [-0.1, -0.05) is 13.0 Å². The van der Waals surface area contributed by atoms with Crippen molar-refractivity contribution in [1.29, 1.82) is 0 Å². The molecule has 3 amide bonds. The molecule has 4 fully saturated rings. The Kier molecular flexibility index (Phi) is 5.70. The van der Waals surface area contributed by atoms with Crippen LogP contribution in [0.15, 0.2) is 30.3 Å². The summed E-state index contributed by atoms with van der Waals surface area (Å²) >= 11 is 0. The summed E-state index contributed by atoms with van der Waals surface area (Å²) in [6.07, 6.45) is -5.19. The molecule has 0 spiro atoms. The molecule has 4 atom stereocenters. The maximum atomic E-state index is 14.6. The fourth-order valence-electron chi connectivity index (χ4n) is 7.05. The van der Waals surface area contributed by atoms with Crippen molar-refractivity contribution in [2.75, 3.05) is 12.4 Å². The highest BCUT2D eigenvalue weighted by Gasteiger charge is 2.72. The second-order valence-corrected chi connectivity index (χ2v) is 11.8. The van der Waals surface area contributed by atoms with Crippen LogP contribution in [0.4, 0.5) is 27.6 Å². The highest BCUT2D eigenvalue weighted by Crippen LogP contribution is 2.63. The number of rotatable bonds is 5. The third-order valence-electron chi connectivity index (χ3n) is 9.24. The van der Waals surface area contributed by atoms with Gasteiger partial charge in [0.1, 0.15) is 6.10 Å². The van der Waals surface area contributed by atoms with E-state index in [9.17, 15) is 36.3 Å². The molecule has 2 heterocycles. The van der Waals surface area contributed by atoms with Crippen LogP contribution >= 0.6 is 0 Å². The zero-order valence-corrected chi connectivity index (χ0v) is 22.2. The second-order valence-electron chi connectivity index (χ2n) is 11.8. The highest BCUT2D eigenvalue weighted by atomic mass is 19.4. The summed E-state index contributed by atoms with van der Waals surface area (Å²) in [7, 11) is 1.03. The van der Waals surface area contributed by atoms with Crippen LogP contribution in [0.5, 0.6) is 5.75 Å². The predicted octanol–water partition coefficient (Wildman–Crippen LogP) is 4.28. The molecule has 3 N–H and O–H groups in total. The van der Waals surface area contributed by atoms with Crippen LogP contribution in [-0.2, 0) is 9.53 Å². The Morgan fingerprint density at radius 1 is 1.10 bits per heavy atom. The minimum atomic E-state index is -4.92. The predicted molar refractivity (Wildman–Crippen MR) is 133 cm³/mol. The minimum absolute atomic E-state index is 0.0394. The molecule has 2 aromatic carbocycles. The van der Waals surface area contributed by atoms with Gasteiger partial charge in [0.15, 0.2) is 17.2 Å². The summed E-state index contributed by atoms with van der Waals surface area (Å²) in [6.45, 7) is 1.99. The van der Waals surface area contributed by atoms with E-state index >= 15 is 0 Å². The number of ether oxygens (including phenoxy) is 2. The number of nitrogens with one attached hydrogen (secondary N) is 1. The van der Waals surface area contributed by atoms with Crippen molar-refractivity contribution in [2.24, 2.45) is 11.7 Å². The number of halogens is 5. The normalized spacial score (nSPS) is 33.8. The first kappa shape index (κ1) is 27.6. The number of methoxy groups -OCH3 is 1. The van der Waals surface area contributed by atoms with Crippen LogP contribution in [0, 0.1) is 17.6 Å². The molecule has 0 aromatic heterocycles. The largest absolute Gasteiger partial charge is 0.493 e. The Hall–Kier alpha value is -3.58. The summed E-state index contributed by atoms with van der Waals surface area (Å²) in [5.41, 5.74) is 2.36. The molecule has 13 heteroatoms. The van der Waals surface area contributed by atoms with Crippen molar-refractivity contribution in [2.45, 2.75) is 68.0 Å². The number of fused-ring (bicyclic) bond motifs is 1. The van der Waals surface area contributed by atoms with Crippen LogP contribution in [0.3, 0.4) is 0 Å². The van der Waals surface area contributed by atoms with Crippen molar-refractivity contribution < 1.29 is 45.8 Å². The second kappa shape index (κ2) is 8.48. The lowest BCUT2D eigenvalue weighted by atomic mass is 9.44. The van der Waals surface area contributed by atoms with Crippen LogP contribution in [0.25, 0.3) is 0 Å². The van der Waals surface area contributed by atoms with E-state index in [2.05, 4.69) is 5.32 Å². The van der Waals surface area contributed by atoms with Gasteiger partial charge < -0.3 is 20.5 Å². The molecule has 2 aromatic rings. The smallest absolute Gasteiger partial charge is 0.417 e. The number of benzene rings is 2. The molecule has 3 saturated carbocycles. The number of alkyl halides is 3. The number of hydrogen-bond donors (Lipinski definition) is 2. The zero-order chi connectivity index (χ0) is 29.9. The van der Waals surface area contributed by atoms with Crippen molar-refractivity contribution >= 4 is 23.4 Å². The van der Waals surface area contributed by atoms with E-state index < -0.39 is 70.4 Å². The topological polar surface area (TPSA) is 111 Å². The third kappa shape index (κ3) is 3.67. The standard InChI is InChI=1S/C28H26F5N3O5/c1-12-18(15-6-7-17(29)19(30)20(15)40-3)21(41-25(12,2)28(31,32)33)22(37)35-13-4-5-14-16(8-13)24(39)36(23(14)38)27-9-26(34,10-27)11-27/h4-8,12,18,21H,9-11,34H2,1-3H3,(H,35,37)/t12-,18-,21+,25+,26?,27?/m0/s1. The number of amides is 3. The van der Waals surface area contributed by atoms with E-state index in [1.807, 2.05) is 0 Å². The van der Waals surface area contributed by atoms with Gasteiger partial charge in [0.2, 0.25) is 5.82 Å². The first-order valence-corrected chi connectivity index (χ1v) is 12.9. The number of nitrogens with two attached hydrogens (primary N) is 1. The van der Waals surface area contributed by atoms with Crippen LogP contribution < -0.4 is 15.8 Å². The van der Waals surface area contributed by atoms with Gasteiger partial charge in [-0.15, -0.1) is 0 Å². The van der Waals surface area contributed by atoms with Gasteiger partial charge >= 0.3 is 6.18 Å². The number of hydrogen-bond acceptors (Lipinski definition) is 6. The van der Waals surface area contributed by atoms with Gasteiger partial charge in [-0.05, 0) is 50.5 Å². The number of nitrogens with zero attached hydrogens (tertiary/aromatic N) is 1. The molecular formula is C28H26F5N3O5. The maximum absolute atomic E-state index is 14.6. The van der Waals surface area contributed by atoms with Crippen LogP contribution in [-0.4, -0.2) is 58.7 Å². The Morgan fingerprint density at radius 2 is 1.73 bits per heavy atom. The van der Waals surface area contributed by atoms with Gasteiger partial charge in [-0.3, -0.25) is 19.3 Å². The molecular weight excluding hydrogens is 553 g/mol. The molecule has 2 bridgehead atoms. The summed E-state index contributed by atoms with van der Waals surface area (Å²) in [5, 5.41) is 2.48. The molecule has 2 aliphatic heterocycles. The lowest BCUT2D eigenvalue weighted by Crippen LogP contribution is -2.82. The van der Waals surface area contributed by atoms with E-state index in [4.69, 9.17) is 15.2 Å². The molecule has 41 heavy (non-hydrogen) atoms. The van der Waals surface area contributed by atoms with Crippen LogP contribution in [0.2, 0.25) is 0 Å². The monoisotopic (exact) mass is 579 g/mol. The third-order valence-corrected chi connectivity index (χ3v) is 9.24. The molecule has 7 rings (SSSR count). The SMILES string of the molecule is COc1c([C@H]2[C@H](C(=O)Nc3ccc4c(c3)C(=O)N(C35CC(N)(C3)C5)C4=O)O[C@@](C)(C(F)(F)F)[C@H]2C)ccc(F)c1F. The fourth-order valence-corrected chi connectivity index (χ4v) is 7.05. The first-order valence-electron chi connectivity index (χ1n) is 12.9. The Labute approximate surface area is 230 Å². The van der Waals surface area contributed by atoms with Crippen molar-refractivity contribution in [3.8, 4) is 5.75 Å². The number of carbonyl (C=O) groups excluding carboxylic acids is 3. The van der Waals surface area contributed by atoms with Gasteiger partial charge in [-0.25, -0.2) is 4.39 Å². The molecule has 218 valence electrons. The van der Waals surface area contributed by atoms with E-state index in [1.54, 1.807) is 0 Å². The maximum Gasteiger partial charge on any atom is 0.417 e. The van der Waals surface area contributed by atoms with E-state index in [1.165, 1.54) is 30.0 Å². The Morgan fingerprint density at radius 3 is 2.32 bits per heavy atom. The molecule has 8 nitrogen and oxygen atoms in total. The quantitative estimate of drug-likeness (QED) is 0.404. The van der Waals surface area contributed by atoms with Gasteiger partial charge in [-0.2, -0.15) is 17.6 Å². The number of anilines is 1. The molecule has 0 radical (unpaired) electrons. The van der Waals surface area contributed by atoms with E-state index in [-0.39, 0.29) is 27.9 Å². The summed E-state index contributed by atoms with van der Waals surface area (Å²) < 4.78 is 81.4. The van der Waals surface area contributed by atoms with Crippen molar-refractivity contribution in [3.63, 3.8) is 0 Å². The van der Waals surface area contributed by atoms with Gasteiger partial charge in [0.25, 0.3) is 17.7 Å². The first-order chi connectivity index (χ1) is 19.1. The van der Waals surface area contributed by atoms with Crippen LogP contribution in [0.1, 0.15) is 65.3 Å². The van der Waals surface area contributed by atoms with Gasteiger partial charge in [0.05, 0.1) is 23.8 Å². The Bertz CT molecular complexity index is 1510. The molecule has 3 aliphatic carbocycles. The lowest BCUT2D eigenvalue weighted by Gasteiger charge is -2.70. The Balaban J connectivity index is 1.32. The minimum Gasteiger partial charge on any atom is -0.493 e. The molecule has 5 aliphatic rings. The number of carbonyl (C=O) groups is 3. The lowest BCUT2D eigenvalue weighted by molar-refractivity contribution is -0.272. The van der Waals surface area contributed by atoms with Crippen molar-refractivity contribution in [1.82, 2.24) is 4.90 Å². The summed E-state index contributed by atoms with van der Waals surface area (Å²) in [6, 6.07) is 5.81. The van der Waals surface area contributed by atoms with Crippen molar-refractivity contribution in [3.05, 3.63) is 58.7 Å². The van der Waals surface area contributed by atoms with Gasteiger partial charge in [0, 0.05) is 28.6 Å². The van der Waals surface area contributed by atoms with E-state index in [0.29, 0.717) is 19.3 Å². The zero-order valence-electron chi connectivity index (χ0n) is 22.2. The molecule has 0 unspecified atom stereocenters. The average molecular weight is 580 g/mol. The number of imide groups is 1. The summed E-state index contributed by atoms with van der Waals surface area (Å²) in [4.78, 5) is 40.9. The molecule has 1 saturated heterocycles.